The van der Waals surface area contributed by atoms with E-state index in [1.54, 1.807) is 18.2 Å². The lowest BCUT2D eigenvalue weighted by Crippen LogP contribution is -2.35. The highest BCUT2D eigenvalue weighted by atomic mass is 79.9. The van der Waals surface area contributed by atoms with Gasteiger partial charge in [0.15, 0.2) is 0 Å². The predicted octanol–water partition coefficient (Wildman–Crippen LogP) is 2.53. The third kappa shape index (κ3) is 4.61. The van der Waals surface area contributed by atoms with Gasteiger partial charge in [0.2, 0.25) is 0 Å². The summed E-state index contributed by atoms with van der Waals surface area (Å²) < 4.78 is 5.42. The number of hydrogen-bond acceptors (Lipinski definition) is 4. The monoisotopic (exact) mass is 343 g/mol. The number of esters is 1. The maximum Gasteiger partial charge on any atom is 0.337 e. The summed E-state index contributed by atoms with van der Waals surface area (Å²) in [5.74, 6) is -1.26. The molecule has 1 aromatic rings. The summed E-state index contributed by atoms with van der Waals surface area (Å²) in [6.45, 7) is 4.36. The van der Waals surface area contributed by atoms with Gasteiger partial charge in [-0.2, -0.15) is 0 Å². The highest BCUT2D eigenvalue weighted by molar-refractivity contribution is 9.10. The molecule has 1 N–H and O–H groups in total. The number of rotatable bonds is 6. The molecule has 1 rings (SSSR count). The van der Waals surface area contributed by atoms with Gasteiger partial charge in [0, 0.05) is 17.1 Å². The Labute approximate surface area is 126 Å². The van der Waals surface area contributed by atoms with Crippen LogP contribution in [0.15, 0.2) is 22.7 Å². The van der Waals surface area contributed by atoms with Gasteiger partial charge in [-0.15, -0.1) is 0 Å². The smallest absolute Gasteiger partial charge is 0.337 e. The minimum atomic E-state index is -0.860. The van der Waals surface area contributed by atoms with E-state index in [2.05, 4.69) is 20.7 Å². The molecule has 0 aromatic heterocycles. The molecule has 1 aromatic carbocycles. The van der Waals surface area contributed by atoms with Gasteiger partial charge in [0.25, 0.3) is 0 Å². The van der Waals surface area contributed by atoms with Crippen LogP contribution in [0.5, 0.6) is 0 Å². The van der Waals surface area contributed by atoms with Crippen molar-refractivity contribution in [2.45, 2.75) is 26.4 Å². The Hall–Kier alpha value is -1.40. The fourth-order valence-electron chi connectivity index (χ4n) is 1.73. The normalized spacial score (nSPS) is 10.9. The van der Waals surface area contributed by atoms with Crippen LogP contribution in [0.1, 0.15) is 29.8 Å². The Morgan fingerprint density at radius 2 is 2.05 bits per heavy atom. The van der Waals surface area contributed by atoms with Gasteiger partial charge < -0.3 is 9.84 Å². The summed E-state index contributed by atoms with van der Waals surface area (Å²) in [5, 5.41) is 8.91. The fraction of sp³-hybridized carbons (Fsp3) is 0.429. The minimum Gasteiger partial charge on any atom is -0.480 e. The van der Waals surface area contributed by atoms with E-state index in [9.17, 15) is 9.59 Å². The Morgan fingerprint density at radius 1 is 1.40 bits per heavy atom. The predicted molar refractivity (Wildman–Crippen MR) is 78.7 cm³/mol. The van der Waals surface area contributed by atoms with E-state index in [1.165, 1.54) is 7.11 Å². The van der Waals surface area contributed by atoms with Crippen LogP contribution >= 0.6 is 15.9 Å². The van der Waals surface area contributed by atoms with Crippen LogP contribution < -0.4 is 0 Å². The molecule has 0 aliphatic carbocycles. The molecule has 0 spiro atoms. The summed E-state index contributed by atoms with van der Waals surface area (Å²) in [4.78, 5) is 24.1. The Kier molecular flexibility index (Phi) is 6.16. The molecule has 0 aliphatic rings. The number of carbonyl (C=O) groups is 2. The fourth-order valence-corrected chi connectivity index (χ4v) is 2.24. The average Bonchev–Trinajstić information content (AvgIpc) is 2.38. The van der Waals surface area contributed by atoms with Crippen molar-refractivity contribution in [1.82, 2.24) is 4.90 Å². The summed E-state index contributed by atoms with van der Waals surface area (Å²) in [5.41, 5.74) is 1.38. The first-order valence-corrected chi connectivity index (χ1v) is 6.97. The molecule has 0 saturated carbocycles. The number of hydrogen-bond donors (Lipinski definition) is 1. The second-order valence-corrected chi connectivity index (χ2v) is 5.54. The van der Waals surface area contributed by atoms with E-state index >= 15 is 0 Å². The molecule has 0 heterocycles. The first-order valence-electron chi connectivity index (χ1n) is 6.17. The van der Waals surface area contributed by atoms with Crippen LogP contribution in [-0.4, -0.2) is 41.6 Å². The summed E-state index contributed by atoms with van der Waals surface area (Å²) in [6, 6.07) is 5.26. The zero-order valence-corrected chi connectivity index (χ0v) is 13.3. The molecule has 0 radical (unpaired) electrons. The van der Waals surface area contributed by atoms with Crippen molar-refractivity contribution in [2.75, 3.05) is 13.7 Å². The third-order valence-corrected chi connectivity index (χ3v) is 3.65. The van der Waals surface area contributed by atoms with Crippen molar-refractivity contribution in [3.05, 3.63) is 33.8 Å². The van der Waals surface area contributed by atoms with Gasteiger partial charge in [0.05, 0.1) is 19.2 Å². The van der Waals surface area contributed by atoms with Crippen molar-refractivity contribution >= 4 is 27.9 Å². The number of ether oxygens (including phenoxy) is 1. The van der Waals surface area contributed by atoms with Gasteiger partial charge in [0.1, 0.15) is 0 Å². The van der Waals surface area contributed by atoms with Gasteiger partial charge in [-0.1, -0.05) is 22.0 Å². The molecule has 0 saturated heterocycles. The van der Waals surface area contributed by atoms with Crippen LogP contribution in [0, 0.1) is 0 Å². The topological polar surface area (TPSA) is 66.8 Å². The first-order chi connectivity index (χ1) is 9.35. The van der Waals surface area contributed by atoms with Crippen LogP contribution in [0.4, 0.5) is 0 Å². The molecule has 0 aliphatic heterocycles. The quantitative estimate of drug-likeness (QED) is 0.804. The molecular weight excluding hydrogens is 326 g/mol. The zero-order valence-electron chi connectivity index (χ0n) is 11.7. The number of carboxylic acids is 1. The van der Waals surface area contributed by atoms with Crippen molar-refractivity contribution in [1.29, 1.82) is 0 Å². The van der Waals surface area contributed by atoms with E-state index in [0.717, 1.165) is 10.0 Å². The summed E-state index contributed by atoms with van der Waals surface area (Å²) in [6.07, 6.45) is 0. The maximum atomic E-state index is 11.4. The molecule has 0 bridgehead atoms. The summed E-state index contributed by atoms with van der Waals surface area (Å²) >= 11 is 3.41. The second kappa shape index (κ2) is 7.40. The maximum absolute atomic E-state index is 11.4. The minimum absolute atomic E-state index is 0.0249. The molecule has 20 heavy (non-hydrogen) atoms. The number of aliphatic carboxylic acids is 1. The van der Waals surface area contributed by atoms with E-state index < -0.39 is 11.9 Å². The number of benzene rings is 1. The number of methoxy groups -OCH3 is 1. The van der Waals surface area contributed by atoms with Crippen molar-refractivity contribution in [2.24, 2.45) is 0 Å². The Morgan fingerprint density at radius 3 is 2.50 bits per heavy atom. The molecular formula is C14H18BrNO4. The van der Waals surface area contributed by atoms with E-state index in [4.69, 9.17) is 5.11 Å². The van der Waals surface area contributed by atoms with Gasteiger partial charge in [-0.3, -0.25) is 9.69 Å². The molecule has 0 atom stereocenters. The number of carbonyl (C=O) groups excluding carboxylic acids is 1. The lowest BCUT2D eigenvalue weighted by Gasteiger charge is -2.25. The highest BCUT2D eigenvalue weighted by Crippen LogP contribution is 2.21. The SMILES string of the molecule is COC(=O)c1ccc(CN(CC(=O)O)C(C)C)c(Br)c1. The van der Waals surface area contributed by atoms with Crippen LogP contribution in [-0.2, 0) is 16.1 Å². The lowest BCUT2D eigenvalue weighted by atomic mass is 10.1. The molecule has 0 amide bonds. The van der Waals surface area contributed by atoms with Crippen molar-refractivity contribution < 1.29 is 19.4 Å². The third-order valence-electron chi connectivity index (χ3n) is 2.92. The van der Waals surface area contributed by atoms with Crippen LogP contribution in [0.2, 0.25) is 0 Å². The second-order valence-electron chi connectivity index (χ2n) is 4.69. The molecule has 6 heteroatoms. The Bertz CT molecular complexity index is 502. The van der Waals surface area contributed by atoms with Gasteiger partial charge in [-0.05, 0) is 31.5 Å². The zero-order chi connectivity index (χ0) is 15.3. The van der Waals surface area contributed by atoms with E-state index in [-0.39, 0.29) is 12.6 Å². The Balaban J connectivity index is 2.91. The first kappa shape index (κ1) is 16.7. The summed E-state index contributed by atoms with van der Waals surface area (Å²) in [7, 11) is 1.33. The molecule has 5 nitrogen and oxygen atoms in total. The molecule has 0 fully saturated rings. The molecule has 110 valence electrons. The number of nitrogens with zero attached hydrogens (tertiary/aromatic N) is 1. The van der Waals surface area contributed by atoms with Crippen molar-refractivity contribution in [3.63, 3.8) is 0 Å². The highest BCUT2D eigenvalue weighted by Gasteiger charge is 2.16. The standard InChI is InChI=1S/C14H18BrNO4/c1-9(2)16(8-13(17)18)7-11-5-4-10(6-12(11)15)14(19)20-3/h4-6,9H,7-8H2,1-3H3,(H,17,18). The average molecular weight is 344 g/mol. The van der Waals surface area contributed by atoms with E-state index in [1.807, 2.05) is 18.7 Å². The lowest BCUT2D eigenvalue weighted by molar-refractivity contribution is -0.138. The van der Waals surface area contributed by atoms with Crippen LogP contribution in [0.3, 0.4) is 0 Å². The number of halogens is 1. The van der Waals surface area contributed by atoms with E-state index in [0.29, 0.717) is 12.1 Å². The number of carboxylic acid groups (broad SMARTS) is 1. The van der Waals surface area contributed by atoms with Crippen LogP contribution in [0.25, 0.3) is 0 Å². The van der Waals surface area contributed by atoms with Gasteiger partial charge >= 0.3 is 11.9 Å². The molecule has 0 unspecified atom stereocenters. The largest absolute Gasteiger partial charge is 0.480 e. The van der Waals surface area contributed by atoms with Gasteiger partial charge in [-0.25, -0.2) is 4.79 Å². The van der Waals surface area contributed by atoms with Crippen molar-refractivity contribution in [3.8, 4) is 0 Å².